The number of amides is 1. The van der Waals surface area contributed by atoms with Gasteiger partial charge in [-0.25, -0.2) is 0 Å². The lowest BCUT2D eigenvalue weighted by atomic mass is 10.0. The Balaban J connectivity index is 2.26. The molecule has 25 heavy (non-hydrogen) atoms. The van der Waals surface area contributed by atoms with Gasteiger partial charge in [0.1, 0.15) is 0 Å². The van der Waals surface area contributed by atoms with Gasteiger partial charge in [-0.05, 0) is 24.6 Å². The van der Waals surface area contributed by atoms with Crippen LogP contribution in [-0.2, 0) is 9.53 Å². The second kappa shape index (κ2) is 8.21. The molecule has 9 heteroatoms. The maximum Gasteiger partial charge on any atom is 0.307 e. The number of halogens is 1. The molecule has 0 aliphatic rings. The van der Waals surface area contributed by atoms with Crippen LogP contribution in [0.4, 0.5) is 5.69 Å². The van der Waals surface area contributed by atoms with Crippen LogP contribution in [0, 0.1) is 17.0 Å². The highest BCUT2D eigenvalue weighted by atomic mass is 79.9. The second-order valence-corrected chi connectivity index (χ2v) is 7.34. The first-order valence-corrected chi connectivity index (χ1v) is 8.80. The predicted molar refractivity (Wildman–Crippen MR) is 96.7 cm³/mol. The van der Waals surface area contributed by atoms with Crippen molar-refractivity contribution in [1.29, 1.82) is 0 Å². The number of nitro groups is 1. The van der Waals surface area contributed by atoms with Gasteiger partial charge >= 0.3 is 5.97 Å². The van der Waals surface area contributed by atoms with Crippen molar-refractivity contribution < 1.29 is 19.2 Å². The summed E-state index contributed by atoms with van der Waals surface area (Å²) in [6.07, 6.45) is -0.0505. The summed E-state index contributed by atoms with van der Waals surface area (Å²) in [7, 11) is 1.27. The van der Waals surface area contributed by atoms with Crippen LogP contribution in [-0.4, -0.2) is 23.9 Å². The molecule has 1 aromatic carbocycles. The molecule has 1 heterocycles. The number of aryl methyl sites for hydroxylation is 1. The summed E-state index contributed by atoms with van der Waals surface area (Å²) >= 11 is 4.39. The Bertz CT molecular complexity index is 821. The number of benzene rings is 1. The molecule has 1 atom stereocenters. The summed E-state index contributed by atoms with van der Waals surface area (Å²) in [4.78, 5) is 35.2. The molecule has 1 aromatic heterocycles. The van der Waals surface area contributed by atoms with Crippen molar-refractivity contribution in [2.45, 2.75) is 19.4 Å². The van der Waals surface area contributed by atoms with E-state index in [0.717, 1.165) is 21.4 Å². The van der Waals surface area contributed by atoms with Crippen LogP contribution in [0.3, 0.4) is 0 Å². The number of nitrogens with zero attached hydrogens (tertiary/aromatic N) is 1. The van der Waals surface area contributed by atoms with Crippen LogP contribution < -0.4 is 5.32 Å². The Morgan fingerprint density at radius 3 is 2.68 bits per heavy atom. The second-order valence-electron chi connectivity index (χ2n) is 5.17. The average Bonchev–Trinajstić information content (AvgIpc) is 2.96. The highest BCUT2D eigenvalue weighted by Crippen LogP contribution is 2.29. The first kappa shape index (κ1) is 19.1. The van der Waals surface area contributed by atoms with Gasteiger partial charge in [0.25, 0.3) is 11.6 Å². The first-order chi connectivity index (χ1) is 11.8. The summed E-state index contributed by atoms with van der Waals surface area (Å²) in [6.45, 7) is 1.58. The third-order valence-electron chi connectivity index (χ3n) is 3.47. The van der Waals surface area contributed by atoms with Gasteiger partial charge in [0.2, 0.25) is 0 Å². The summed E-state index contributed by atoms with van der Waals surface area (Å²) in [5, 5.41) is 13.7. The molecule has 0 radical (unpaired) electrons. The monoisotopic (exact) mass is 426 g/mol. The predicted octanol–water partition coefficient (Wildman–Crippen LogP) is 3.76. The van der Waals surface area contributed by atoms with Gasteiger partial charge in [0.05, 0.1) is 34.3 Å². The van der Waals surface area contributed by atoms with E-state index in [9.17, 15) is 19.7 Å². The van der Waals surface area contributed by atoms with Crippen LogP contribution in [0.1, 0.15) is 32.6 Å². The van der Waals surface area contributed by atoms with Gasteiger partial charge in [-0.15, -0.1) is 11.3 Å². The van der Waals surface area contributed by atoms with Crippen molar-refractivity contribution >= 4 is 44.8 Å². The maximum absolute atomic E-state index is 12.5. The number of carbonyl (C=O) groups excluding carboxylic acids is 2. The number of esters is 1. The Morgan fingerprint density at radius 1 is 1.40 bits per heavy atom. The lowest BCUT2D eigenvalue weighted by Gasteiger charge is -2.18. The zero-order valence-electron chi connectivity index (χ0n) is 13.4. The van der Waals surface area contributed by atoms with E-state index in [1.165, 1.54) is 13.2 Å². The van der Waals surface area contributed by atoms with Crippen molar-refractivity contribution in [2.24, 2.45) is 0 Å². The lowest BCUT2D eigenvalue weighted by Crippen LogP contribution is -2.30. The molecule has 2 aromatic rings. The standard InChI is InChI=1S/C16H15BrN2O5S/c1-9-13(19(22)23)8-14(25-9)16(21)18-12(7-15(20)24-2)10-4-3-5-11(17)6-10/h3-6,8,12H,7H2,1-2H3,(H,18,21). The number of methoxy groups -OCH3 is 1. The van der Waals surface area contributed by atoms with Gasteiger partial charge in [0, 0.05) is 10.5 Å². The van der Waals surface area contributed by atoms with E-state index in [2.05, 4.69) is 26.0 Å². The highest BCUT2D eigenvalue weighted by Gasteiger charge is 2.24. The zero-order chi connectivity index (χ0) is 18.6. The minimum Gasteiger partial charge on any atom is -0.469 e. The smallest absolute Gasteiger partial charge is 0.307 e. The molecule has 7 nitrogen and oxygen atoms in total. The fourth-order valence-electron chi connectivity index (χ4n) is 2.22. The molecular weight excluding hydrogens is 412 g/mol. The maximum atomic E-state index is 12.5. The van der Waals surface area contributed by atoms with Crippen LogP contribution in [0.15, 0.2) is 34.8 Å². The fraction of sp³-hybridized carbons (Fsp3) is 0.250. The number of thiophene rings is 1. The Labute approximate surface area is 156 Å². The molecule has 0 bridgehead atoms. The quantitative estimate of drug-likeness (QED) is 0.430. The molecule has 0 saturated carbocycles. The van der Waals surface area contributed by atoms with Crippen LogP contribution in [0.2, 0.25) is 0 Å². The molecule has 1 amide bonds. The van der Waals surface area contributed by atoms with E-state index in [1.54, 1.807) is 25.1 Å². The number of hydrogen-bond acceptors (Lipinski definition) is 6. The molecule has 0 fully saturated rings. The SMILES string of the molecule is COC(=O)CC(NC(=O)c1cc([N+](=O)[O-])c(C)s1)c1cccc(Br)c1. The van der Waals surface area contributed by atoms with Crippen LogP contribution in [0.25, 0.3) is 0 Å². The van der Waals surface area contributed by atoms with E-state index in [0.29, 0.717) is 4.88 Å². The number of hydrogen-bond donors (Lipinski definition) is 1. The zero-order valence-corrected chi connectivity index (χ0v) is 15.8. The number of rotatable bonds is 6. The molecule has 132 valence electrons. The summed E-state index contributed by atoms with van der Waals surface area (Å²) < 4.78 is 5.49. The Kier molecular flexibility index (Phi) is 6.27. The Hall–Kier alpha value is -2.26. The van der Waals surface area contributed by atoms with Gasteiger partial charge in [-0.1, -0.05) is 28.1 Å². The normalized spacial score (nSPS) is 11.6. The molecule has 0 aliphatic heterocycles. The minimum absolute atomic E-state index is 0.0505. The van der Waals surface area contributed by atoms with Gasteiger partial charge in [-0.3, -0.25) is 19.7 Å². The van der Waals surface area contributed by atoms with E-state index < -0.39 is 22.8 Å². The van der Waals surface area contributed by atoms with Crippen LogP contribution in [0.5, 0.6) is 0 Å². The third-order valence-corrected chi connectivity index (χ3v) is 5.00. The van der Waals surface area contributed by atoms with E-state index in [4.69, 9.17) is 0 Å². The topological polar surface area (TPSA) is 98.5 Å². The molecule has 0 aliphatic carbocycles. The van der Waals surface area contributed by atoms with Crippen molar-refractivity contribution in [3.05, 3.63) is 60.2 Å². The lowest BCUT2D eigenvalue weighted by molar-refractivity contribution is -0.385. The summed E-state index contributed by atoms with van der Waals surface area (Å²) in [5.41, 5.74) is 0.623. The average molecular weight is 427 g/mol. The number of ether oxygens (including phenoxy) is 1. The third kappa shape index (κ3) is 4.86. The van der Waals surface area contributed by atoms with E-state index in [-0.39, 0.29) is 17.0 Å². The van der Waals surface area contributed by atoms with E-state index in [1.807, 2.05) is 6.07 Å². The Morgan fingerprint density at radius 2 is 2.12 bits per heavy atom. The van der Waals surface area contributed by atoms with Gasteiger partial charge in [-0.2, -0.15) is 0 Å². The van der Waals surface area contributed by atoms with Crippen molar-refractivity contribution in [3.8, 4) is 0 Å². The van der Waals surface area contributed by atoms with Crippen molar-refractivity contribution in [2.75, 3.05) is 7.11 Å². The van der Waals surface area contributed by atoms with Gasteiger partial charge in [0.15, 0.2) is 0 Å². The number of nitrogens with one attached hydrogen (secondary N) is 1. The van der Waals surface area contributed by atoms with Crippen molar-refractivity contribution in [3.63, 3.8) is 0 Å². The summed E-state index contributed by atoms with van der Waals surface area (Å²) in [6, 6.07) is 7.81. The highest BCUT2D eigenvalue weighted by molar-refractivity contribution is 9.10. The molecule has 0 saturated heterocycles. The number of carbonyl (C=O) groups is 2. The molecule has 1 N–H and O–H groups in total. The summed E-state index contributed by atoms with van der Waals surface area (Å²) in [5.74, 6) is -0.950. The molecular formula is C16H15BrN2O5S. The minimum atomic E-state index is -0.612. The first-order valence-electron chi connectivity index (χ1n) is 7.19. The van der Waals surface area contributed by atoms with E-state index >= 15 is 0 Å². The van der Waals surface area contributed by atoms with Gasteiger partial charge < -0.3 is 10.1 Å². The van der Waals surface area contributed by atoms with Crippen LogP contribution >= 0.6 is 27.3 Å². The molecule has 0 spiro atoms. The molecule has 2 rings (SSSR count). The van der Waals surface area contributed by atoms with Crippen molar-refractivity contribution in [1.82, 2.24) is 5.32 Å². The fourth-order valence-corrected chi connectivity index (χ4v) is 3.53. The largest absolute Gasteiger partial charge is 0.469 e. The molecule has 1 unspecified atom stereocenters.